The van der Waals surface area contributed by atoms with Crippen molar-refractivity contribution in [1.29, 1.82) is 0 Å². The second-order valence-electron chi connectivity index (χ2n) is 6.79. The number of nitrogens with zero attached hydrogens (tertiary/aromatic N) is 4. The SMILES string of the molecule is COc1ccc(C(NC(=O)CSc2nnnn2-c2ccc(Cl)cc2)C2CC2)cc1. The highest BCUT2D eigenvalue weighted by Crippen LogP contribution is 2.41. The molecule has 1 aliphatic carbocycles. The predicted molar refractivity (Wildman–Crippen MR) is 111 cm³/mol. The molecule has 0 aliphatic heterocycles. The summed E-state index contributed by atoms with van der Waals surface area (Å²) in [7, 11) is 1.64. The fraction of sp³-hybridized carbons (Fsp3) is 0.300. The minimum Gasteiger partial charge on any atom is -0.497 e. The van der Waals surface area contributed by atoms with E-state index >= 15 is 0 Å². The first kappa shape index (κ1) is 19.7. The van der Waals surface area contributed by atoms with Gasteiger partial charge in [0.05, 0.1) is 24.6 Å². The average Bonchev–Trinajstić information content (AvgIpc) is 3.48. The molecule has 1 N–H and O–H groups in total. The van der Waals surface area contributed by atoms with Crippen molar-refractivity contribution >= 4 is 29.3 Å². The number of rotatable bonds is 8. The third-order valence-electron chi connectivity index (χ3n) is 4.73. The van der Waals surface area contributed by atoms with Crippen LogP contribution < -0.4 is 10.1 Å². The van der Waals surface area contributed by atoms with Gasteiger partial charge >= 0.3 is 0 Å². The Hall–Kier alpha value is -2.58. The van der Waals surface area contributed by atoms with Crippen LogP contribution in [0.2, 0.25) is 5.02 Å². The van der Waals surface area contributed by atoms with Gasteiger partial charge in [-0.25, -0.2) is 0 Å². The monoisotopic (exact) mass is 429 g/mol. The number of methoxy groups -OCH3 is 1. The van der Waals surface area contributed by atoms with Gasteiger partial charge in [-0.2, -0.15) is 4.68 Å². The molecule has 9 heteroatoms. The Morgan fingerprint density at radius 1 is 1.24 bits per heavy atom. The Bertz CT molecular complexity index is 973. The minimum atomic E-state index is -0.0478. The highest BCUT2D eigenvalue weighted by Gasteiger charge is 2.33. The molecule has 1 atom stereocenters. The lowest BCUT2D eigenvalue weighted by molar-refractivity contribution is -0.119. The lowest BCUT2D eigenvalue weighted by Crippen LogP contribution is -2.31. The van der Waals surface area contributed by atoms with Gasteiger partial charge in [0.25, 0.3) is 0 Å². The van der Waals surface area contributed by atoms with E-state index in [4.69, 9.17) is 16.3 Å². The maximum absolute atomic E-state index is 12.6. The highest BCUT2D eigenvalue weighted by molar-refractivity contribution is 7.99. The lowest BCUT2D eigenvalue weighted by atomic mass is 10.0. The summed E-state index contributed by atoms with van der Waals surface area (Å²) in [6.45, 7) is 0. The number of carbonyl (C=O) groups is 1. The molecule has 7 nitrogen and oxygen atoms in total. The number of halogens is 1. The van der Waals surface area contributed by atoms with Crippen LogP contribution in [0, 0.1) is 5.92 Å². The molecule has 1 aliphatic rings. The van der Waals surface area contributed by atoms with Crippen LogP contribution in [0.1, 0.15) is 24.4 Å². The van der Waals surface area contributed by atoms with Crippen LogP contribution in [0.3, 0.4) is 0 Å². The Kier molecular flexibility index (Phi) is 6.01. The number of benzene rings is 2. The van der Waals surface area contributed by atoms with Gasteiger partial charge in [0.15, 0.2) is 0 Å². The van der Waals surface area contributed by atoms with Crippen molar-refractivity contribution in [2.45, 2.75) is 24.0 Å². The largest absolute Gasteiger partial charge is 0.497 e. The summed E-state index contributed by atoms with van der Waals surface area (Å²) in [6.07, 6.45) is 2.25. The van der Waals surface area contributed by atoms with E-state index in [9.17, 15) is 4.79 Å². The van der Waals surface area contributed by atoms with Crippen LogP contribution >= 0.6 is 23.4 Å². The number of aromatic nitrogens is 4. The molecule has 1 saturated carbocycles. The molecule has 1 heterocycles. The van der Waals surface area contributed by atoms with Crippen molar-refractivity contribution in [2.24, 2.45) is 5.92 Å². The van der Waals surface area contributed by atoms with E-state index < -0.39 is 0 Å². The van der Waals surface area contributed by atoms with E-state index in [1.807, 2.05) is 36.4 Å². The third kappa shape index (κ3) is 4.89. The molecular weight excluding hydrogens is 410 g/mol. The van der Waals surface area contributed by atoms with E-state index in [1.165, 1.54) is 11.8 Å². The van der Waals surface area contributed by atoms with Crippen molar-refractivity contribution in [2.75, 3.05) is 12.9 Å². The van der Waals surface area contributed by atoms with Crippen LogP contribution in [0.25, 0.3) is 5.69 Å². The summed E-state index contributed by atoms with van der Waals surface area (Å²) in [6, 6.07) is 15.1. The number of hydrogen-bond acceptors (Lipinski definition) is 6. The molecular formula is C20H20ClN5O2S. The quantitative estimate of drug-likeness (QED) is 0.550. The van der Waals surface area contributed by atoms with Crippen molar-refractivity contribution in [1.82, 2.24) is 25.5 Å². The summed E-state index contributed by atoms with van der Waals surface area (Å²) in [5.74, 6) is 1.47. The standard InChI is InChI=1S/C20H20ClN5O2S/c1-28-17-10-4-14(5-11-17)19(13-2-3-13)22-18(27)12-29-20-23-24-25-26(20)16-8-6-15(21)7-9-16/h4-11,13,19H,2-3,12H2,1H3,(H,22,27). The fourth-order valence-electron chi connectivity index (χ4n) is 3.07. The van der Waals surface area contributed by atoms with Crippen molar-refractivity contribution in [3.63, 3.8) is 0 Å². The summed E-state index contributed by atoms with van der Waals surface area (Å²) < 4.78 is 6.81. The molecule has 4 rings (SSSR count). The Morgan fingerprint density at radius 3 is 2.62 bits per heavy atom. The number of thioether (sulfide) groups is 1. The van der Waals surface area contributed by atoms with Gasteiger partial charge < -0.3 is 10.1 Å². The van der Waals surface area contributed by atoms with E-state index in [-0.39, 0.29) is 17.7 Å². The molecule has 0 saturated heterocycles. The third-order valence-corrected chi connectivity index (χ3v) is 5.90. The highest BCUT2D eigenvalue weighted by atomic mass is 35.5. The first-order chi connectivity index (χ1) is 14.1. The zero-order valence-electron chi connectivity index (χ0n) is 15.8. The van der Waals surface area contributed by atoms with Gasteiger partial charge in [0, 0.05) is 5.02 Å². The van der Waals surface area contributed by atoms with Crippen LogP contribution in [-0.2, 0) is 4.79 Å². The van der Waals surface area contributed by atoms with Gasteiger partial charge in [0.2, 0.25) is 11.1 Å². The Labute approximate surface area is 177 Å². The molecule has 0 bridgehead atoms. The maximum Gasteiger partial charge on any atom is 0.230 e. The van der Waals surface area contributed by atoms with Gasteiger partial charge in [-0.05, 0) is 71.1 Å². The maximum atomic E-state index is 12.6. The summed E-state index contributed by atoms with van der Waals surface area (Å²) >= 11 is 7.23. The number of carbonyl (C=O) groups excluding carboxylic acids is 1. The lowest BCUT2D eigenvalue weighted by Gasteiger charge is -2.19. The van der Waals surface area contributed by atoms with E-state index in [0.29, 0.717) is 16.1 Å². The van der Waals surface area contributed by atoms with E-state index in [2.05, 4.69) is 20.8 Å². The topological polar surface area (TPSA) is 81.9 Å². The number of hydrogen-bond donors (Lipinski definition) is 1. The summed E-state index contributed by atoms with van der Waals surface area (Å²) in [4.78, 5) is 12.6. The molecule has 29 heavy (non-hydrogen) atoms. The van der Waals surface area contributed by atoms with Crippen molar-refractivity contribution in [3.05, 3.63) is 59.1 Å². The summed E-state index contributed by atoms with van der Waals surface area (Å²) in [5.41, 5.74) is 1.88. The molecule has 3 aromatic rings. The smallest absolute Gasteiger partial charge is 0.230 e. The van der Waals surface area contributed by atoms with Crippen LogP contribution in [-0.4, -0.2) is 39.0 Å². The van der Waals surface area contributed by atoms with Crippen molar-refractivity contribution in [3.8, 4) is 11.4 Å². The van der Waals surface area contributed by atoms with Crippen LogP contribution in [0.15, 0.2) is 53.7 Å². The number of amides is 1. The Morgan fingerprint density at radius 2 is 1.97 bits per heavy atom. The van der Waals surface area contributed by atoms with Crippen molar-refractivity contribution < 1.29 is 9.53 Å². The van der Waals surface area contributed by atoms with E-state index in [0.717, 1.165) is 29.8 Å². The molecule has 1 amide bonds. The molecule has 1 aromatic heterocycles. The molecule has 1 unspecified atom stereocenters. The number of nitrogens with one attached hydrogen (secondary N) is 1. The van der Waals surface area contributed by atoms with Crippen LogP contribution in [0.5, 0.6) is 5.75 Å². The Balaban J connectivity index is 1.39. The van der Waals surface area contributed by atoms with Gasteiger partial charge in [-0.15, -0.1) is 5.10 Å². The normalized spacial score (nSPS) is 14.4. The number of ether oxygens (including phenoxy) is 1. The minimum absolute atomic E-state index is 0.0151. The van der Waals surface area contributed by atoms with Crippen LogP contribution in [0.4, 0.5) is 0 Å². The van der Waals surface area contributed by atoms with E-state index in [1.54, 1.807) is 23.9 Å². The molecule has 2 aromatic carbocycles. The number of tetrazole rings is 1. The second kappa shape index (κ2) is 8.84. The zero-order chi connectivity index (χ0) is 20.2. The fourth-order valence-corrected chi connectivity index (χ4v) is 3.90. The molecule has 0 spiro atoms. The van der Waals surface area contributed by atoms with Gasteiger partial charge in [-0.1, -0.05) is 35.5 Å². The summed E-state index contributed by atoms with van der Waals surface area (Å²) in [5, 5.41) is 16.1. The molecule has 0 radical (unpaired) electrons. The molecule has 150 valence electrons. The van der Waals surface area contributed by atoms with Gasteiger partial charge in [0.1, 0.15) is 5.75 Å². The van der Waals surface area contributed by atoms with Gasteiger partial charge in [-0.3, -0.25) is 4.79 Å². The first-order valence-electron chi connectivity index (χ1n) is 9.24. The first-order valence-corrected chi connectivity index (χ1v) is 10.6. The second-order valence-corrected chi connectivity index (χ2v) is 8.17. The predicted octanol–water partition coefficient (Wildman–Crippen LogP) is 3.68. The average molecular weight is 430 g/mol. The zero-order valence-corrected chi connectivity index (χ0v) is 17.4. The molecule has 1 fully saturated rings.